The van der Waals surface area contributed by atoms with E-state index in [-0.39, 0.29) is 24.0 Å². The van der Waals surface area contributed by atoms with E-state index in [0.29, 0.717) is 31.6 Å². The van der Waals surface area contributed by atoms with Gasteiger partial charge in [-0.15, -0.1) is 24.0 Å². The van der Waals surface area contributed by atoms with E-state index in [0.717, 1.165) is 43.5 Å². The van der Waals surface area contributed by atoms with Crippen molar-refractivity contribution in [2.75, 3.05) is 47.1 Å². The van der Waals surface area contributed by atoms with Crippen LogP contribution in [0.5, 0.6) is 11.6 Å². The van der Waals surface area contributed by atoms with Gasteiger partial charge in [-0.25, -0.2) is 4.98 Å². The molecule has 1 aliphatic rings. The molecule has 1 unspecified atom stereocenters. The van der Waals surface area contributed by atoms with Crippen molar-refractivity contribution in [2.24, 2.45) is 10.9 Å². The van der Waals surface area contributed by atoms with E-state index in [4.69, 9.17) is 14.2 Å². The van der Waals surface area contributed by atoms with Gasteiger partial charge in [-0.3, -0.25) is 4.99 Å². The zero-order chi connectivity index (χ0) is 20.3. The van der Waals surface area contributed by atoms with Crippen molar-refractivity contribution < 1.29 is 14.2 Å². The lowest BCUT2D eigenvalue weighted by Crippen LogP contribution is -2.41. The molecule has 0 aliphatic carbocycles. The van der Waals surface area contributed by atoms with Crippen molar-refractivity contribution in [1.82, 2.24) is 15.2 Å². The third kappa shape index (κ3) is 7.98. The van der Waals surface area contributed by atoms with Crippen molar-refractivity contribution in [3.8, 4) is 11.6 Å². The molecule has 0 spiro atoms. The number of ether oxygens (including phenoxy) is 3. The minimum absolute atomic E-state index is 0. The van der Waals surface area contributed by atoms with Crippen LogP contribution in [-0.2, 0) is 11.3 Å². The largest absolute Gasteiger partial charge is 0.490 e. The Morgan fingerprint density at radius 2 is 2.00 bits per heavy atom. The molecular formula is C22H31IN4O3. The number of rotatable bonds is 9. The number of halogens is 1. The lowest BCUT2D eigenvalue weighted by Gasteiger charge is -2.24. The first-order valence-corrected chi connectivity index (χ1v) is 9.99. The molecule has 7 nitrogen and oxygen atoms in total. The van der Waals surface area contributed by atoms with E-state index >= 15 is 0 Å². The number of pyridine rings is 1. The normalized spacial score (nSPS) is 15.9. The molecule has 1 saturated heterocycles. The van der Waals surface area contributed by atoms with Gasteiger partial charge in [0.15, 0.2) is 5.96 Å². The standard InChI is InChI=1S/C22H30N4O3.HI/c1-23-22(26(2)16-19-10-11-27-17-19)25-15-18-8-9-21(24-14-18)29-13-12-28-20-6-4-3-5-7-20;/h3-9,14,19H,10-13,15-17H2,1-2H3,(H,23,25);1H. The molecule has 3 rings (SSSR count). The number of nitrogens with one attached hydrogen (secondary N) is 1. The van der Waals surface area contributed by atoms with Crippen LogP contribution in [0.1, 0.15) is 12.0 Å². The highest BCUT2D eigenvalue weighted by Gasteiger charge is 2.19. The summed E-state index contributed by atoms with van der Waals surface area (Å²) in [5, 5.41) is 3.38. The molecule has 8 heteroatoms. The van der Waals surface area contributed by atoms with E-state index in [9.17, 15) is 0 Å². The second-order valence-electron chi connectivity index (χ2n) is 7.03. The fraction of sp³-hybridized carbons (Fsp3) is 0.455. The first-order valence-electron chi connectivity index (χ1n) is 9.99. The number of hydrogen-bond acceptors (Lipinski definition) is 5. The second-order valence-corrected chi connectivity index (χ2v) is 7.03. The van der Waals surface area contributed by atoms with Gasteiger partial charge in [0.05, 0.1) is 6.61 Å². The summed E-state index contributed by atoms with van der Waals surface area (Å²) in [6.45, 7) is 4.22. The molecule has 0 radical (unpaired) electrons. The maximum absolute atomic E-state index is 5.64. The molecule has 1 fully saturated rings. The Labute approximate surface area is 195 Å². The van der Waals surface area contributed by atoms with Gasteiger partial charge in [0.25, 0.3) is 0 Å². The van der Waals surface area contributed by atoms with Crippen LogP contribution in [0, 0.1) is 5.92 Å². The molecule has 1 aromatic heterocycles. The number of aromatic nitrogens is 1. The topological polar surface area (TPSA) is 68.2 Å². The molecule has 1 aromatic carbocycles. The molecular weight excluding hydrogens is 495 g/mol. The zero-order valence-corrected chi connectivity index (χ0v) is 20.0. The van der Waals surface area contributed by atoms with E-state index in [1.165, 1.54) is 0 Å². The van der Waals surface area contributed by atoms with Crippen LogP contribution < -0.4 is 14.8 Å². The van der Waals surface area contributed by atoms with Crippen LogP contribution in [0.25, 0.3) is 0 Å². The molecule has 2 aromatic rings. The van der Waals surface area contributed by atoms with Crippen molar-refractivity contribution in [2.45, 2.75) is 13.0 Å². The summed E-state index contributed by atoms with van der Waals surface area (Å²) in [5.41, 5.74) is 1.07. The second kappa shape index (κ2) is 13.3. The highest BCUT2D eigenvalue weighted by atomic mass is 127. The Kier molecular flexibility index (Phi) is 10.7. The fourth-order valence-corrected chi connectivity index (χ4v) is 3.19. The monoisotopic (exact) mass is 526 g/mol. The third-order valence-electron chi connectivity index (χ3n) is 4.72. The summed E-state index contributed by atoms with van der Waals surface area (Å²) >= 11 is 0. The molecule has 1 aliphatic heterocycles. The van der Waals surface area contributed by atoms with Crippen molar-refractivity contribution >= 4 is 29.9 Å². The molecule has 1 atom stereocenters. The summed E-state index contributed by atoms with van der Waals surface area (Å²) < 4.78 is 16.7. The number of hydrogen-bond donors (Lipinski definition) is 1. The van der Waals surface area contributed by atoms with Crippen LogP contribution in [-0.4, -0.2) is 62.9 Å². The van der Waals surface area contributed by atoms with E-state index < -0.39 is 0 Å². The van der Waals surface area contributed by atoms with Crippen LogP contribution in [0.4, 0.5) is 0 Å². The average Bonchev–Trinajstić information content (AvgIpc) is 3.26. The Bertz CT molecular complexity index is 753. The minimum atomic E-state index is 0. The highest BCUT2D eigenvalue weighted by Crippen LogP contribution is 2.13. The van der Waals surface area contributed by atoms with Crippen molar-refractivity contribution in [3.05, 3.63) is 54.2 Å². The average molecular weight is 526 g/mol. The van der Waals surface area contributed by atoms with Gasteiger partial charge in [0.1, 0.15) is 19.0 Å². The Morgan fingerprint density at radius 1 is 1.20 bits per heavy atom. The maximum atomic E-state index is 5.64. The molecule has 0 amide bonds. The molecule has 0 saturated carbocycles. The lowest BCUT2D eigenvalue weighted by molar-refractivity contribution is 0.181. The fourth-order valence-electron chi connectivity index (χ4n) is 3.19. The minimum Gasteiger partial charge on any atom is -0.490 e. The molecule has 1 N–H and O–H groups in total. The van der Waals surface area contributed by atoms with Crippen LogP contribution in [0.3, 0.4) is 0 Å². The number of aliphatic imine (C=N–C) groups is 1. The van der Waals surface area contributed by atoms with Crippen molar-refractivity contribution in [3.63, 3.8) is 0 Å². The van der Waals surface area contributed by atoms with Gasteiger partial charge in [0, 0.05) is 52.0 Å². The summed E-state index contributed by atoms with van der Waals surface area (Å²) in [5.74, 6) is 2.87. The predicted molar refractivity (Wildman–Crippen MR) is 129 cm³/mol. The van der Waals surface area contributed by atoms with E-state index in [1.54, 1.807) is 7.05 Å². The number of benzene rings is 1. The van der Waals surface area contributed by atoms with Gasteiger partial charge < -0.3 is 24.4 Å². The molecule has 30 heavy (non-hydrogen) atoms. The van der Waals surface area contributed by atoms with E-state index in [2.05, 4.69) is 27.2 Å². The number of nitrogens with zero attached hydrogens (tertiary/aromatic N) is 3. The maximum Gasteiger partial charge on any atom is 0.213 e. The van der Waals surface area contributed by atoms with Crippen LogP contribution in [0.2, 0.25) is 0 Å². The van der Waals surface area contributed by atoms with Gasteiger partial charge in [-0.1, -0.05) is 24.3 Å². The summed E-state index contributed by atoms with van der Waals surface area (Å²) in [7, 11) is 3.86. The molecule has 164 valence electrons. The summed E-state index contributed by atoms with van der Waals surface area (Å²) in [4.78, 5) is 10.9. The van der Waals surface area contributed by atoms with Gasteiger partial charge >= 0.3 is 0 Å². The number of para-hydroxylation sites is 1. The summed E-state index contributed by atoms with van der Waals surface area (Å²) in [6.07, 6.45) is 2.93. The Balaban J connectivity index is 0.00000320. The predicted octanol–water partition coefficient (Wildman–Crippen LogP) is 3.20. The van der Waals surface area contributed by atoms with Gasteiger partial charge in [0.2, 0.25) is 5.88 Å². The quantitative estimate of drug-likeness (QED) is 0.234. The Morgan fingerprint density at radius 3 is 2.67 bits per heavy atom. The number of guanidine groups is 1. The van der Waals surface area contributed by atoms with Gasteiger partial charge in [-0.2, -0.15) is 0 Å². The molecule has 2 heterocycles. The Hall–Kier alpha value is -2.07. The van der Waals surface area contributed by atoms with E-state index in [1.807, 2.05) is 48.7 Å². The third-order valence-corrected chi connectivity index (χ3v) is 4.72. The molecule has 0 bridgehead atoms. The summed E-state index contributed by atoms with van der Waals surface area (Å²) in [6, 6.07) is 13.6. The van der Waals surface area contributed by atoms with Crippen LogP contribution in [0.15, 0.2) is 53.7 Å². The SMILES string of the molecule is CN=C(NCc1ccc(OCCOc2ccccc2)nc1)N(C)CC1CCOC1.I. The van der Waals surface area contributed by atoms with Crippen LogP contribution >= 0.6 is 24.0 Å². The first-order chi connectivity index (χ1) is 14.2. The zero-order valence-electron chi connectivity index (χ0n) is 17.6. The highest BCUT2D eigenvalue weighted by molar-refractivity contribution is 14.0. The lowest BCUT2D eigenvalue weighted by atomic mass is 10.1. The van der Waals surface area contributed by atoms with Gasteiger partial charge in [-0.05, 0) is 24.1 Å². The first kappa shape index (κ1) is 24.2. The smallest absolute Gasteiger partial charge is 0.213 e. The van der Waals surface area contributed by atoms with Crippen molar-refractivity contribution in [1.29, 1.82) is 0 Å².